The minimum Gasteiger partial charge on any atom is -0.463 e. The number of carbonyl (C=O) groups is 4. The van der Waals surface area contributed by atoms with Crippen LogP contribution in [0.25, 0.3) is 0 Å². The van der Waals surface area contributed by atoms with Crippen molar-refractivity contribution in [3.05, 3.63) is 0 Å². The molecule has 0 aliphatic carbocycles. The fraction of sp³-hybridized carbons (Fsp3) is 0.733. The Balaban J connectivity index is 3.18. The zero-order chi connectivity index (χ0) is 19.1. The van der Waals surface area contributed by atoms with E-state index >= 15 is 0 Å². The van der Waals surface area contributed by atoms with Gasteiger partial charge in [-0.1, -0.05) is 0 Å². The van der Waals surface area contributed by atoms with Gasteiger partial charge in [0.15, 0.2) is 24.6 Å². The molecule has 0 aromatic carbocycles. The van der Waals surface area contributed by atoms with Crippen LogP contribution in [0.3, 0.4) is 0 Å². The predicted octanol–water partition coefficient (Wildman–Crippen LogP) is -0.284. The molecule has 10 nitrogen and oxygen atoms in total. The highest BCUT2D eigenvalue weighted by Crippen LogP contribution is 2.29. The summed E-state index contributed by atoms with van der Waals surface area (Å²) in [5.74, 6) is -2.63. The summed E-state index contributed by atoms with van der Waals surface area (Å²) in [5.41, 5.74) is 0. The van der Waals surface area contributed by atoms with Crippen LogP contribution in [0.1, 0.15) is 27.7 Å². The van der Waals surface area contributed by atoms with Gasteiger partial charge in [-0.05, 0) is 0 Å². The van der Waals surface area contributed by atoms with Gasteiger partial charge in [0, 0.05) is 34.8 Å². The number of rotatable bonds is 6. The van der Waals surface area contributed by atoms with Crippen LogP contribution in [0.2, 0.25) is 0 Å². The highest BCUT2D eigenvalue weighted by atomic mass is 16.7. The molecule has 10 heteroatoms. The lowest BCUT2D eigenvalue weighted by molar-refractivity contribution is -0.302. The van der Waals surface area contributed by atoms with Gasteiger partial charge in [0.25, 0.3) is 0 Å². The van der Waals surface area contributed by atoms with Crippen LogP contribution in [-0.2, 0) is 47.6 Å². The van der Waals surface area contributed by atoms with Crippen LogP contribution in [0.5, 0.6) is 0 Å². The molecule has 0 radical (unpaired) electrons. The molecule has 142 valence electrons. The van der Waals surface area contributed by atoms with E-state index in [9.17, 15) is 19.2 Å². The lowest BCUT2D eigenvalue weighted by atomic mass is 9.98. The highest BCUT2D eigenvalue weighted by molar-refractivity contribution is 5.68. The third-order valence-electron chi connectivity index (χ3n) is 3.18. The van der Waals surface area contributed by atoms with Crippen LogP contribution in [0, 0.1) is 0 Å². The van der Waals surface area contributed by atoms with E-state index in [1.807, 2.05) is 0 Å². The number of carbonyl (C=O) groups excluding carboxylic acids is 4. The van der Waals surface area contributed by atoms with Crippen LogP contribution >= 0.6 is 0 Å². The SMILES string of the molecule is COC1OC(COC(C)=O)[C@@H](OC(C)=O)[C@H](OC(C)=O)[C@@H]1OC(C)=O. The summed E-state index contributed by atoms with van der Waals surface area (Å²) in [6, 6.07) is 0. The van der Waals surface area contributed by atoms with E-state index in [0.29, 0.717) is 0 Å². The van der Waals surface area contributed by atoms with Crippen molar-refractivity contribution in [2.24, 2.45) is 0 Å². The van der Waals surface area contributed by atoms with Gasteiger partial charge in [-0.15, -0.1) is 0 Å². The van der Waals surface area contributed by atoms with Crippen LogP contribution in [-0.4, -0.2) is 68.3 Å². The standard InChI is InChI=1S/C15H22O10/c1-7(16)21-6-11-12(22-8(2)17)13(23-9(3)18)14(24-10(4)19)15(20-5)25-11/h11-15H,6H2,1-5H3/t11?,12-,13+,14+,15?/m1/s1. The Hall–Kier alpha value is -2.20. The first-order chi connectivity index (χ1) is 11.6. The van der Waals surface area contributed by atoms with Gasteiger partial charge < -0.3 is 28.4 Å². The Bertz CT molecular complexity index is 516. The van der Waals surface area contributed by atoms with Gasteiger partial charge in [-0.25, -0.2) is 0 Å². The summed E-state index contributed by atoms with van der Waals surface area (Å²) in [4.78, 5) is 45.4. The third-order valence-corrected chi connectivity index (χ3v) is 3.18. The van der Waals surface area contributed by atoms with Crippen molar-refractivity contribution in [1.29, 1.82) is 0 Å². The fourth-order valence-corrected chi connectivity index (χ4v) is 2.38. The first kappa shape index (κ1) is 20.8. The first-order valence-electron chi connectivity index (χ1n) is 7.49. The molecule has 1 heterocycles. The summed E-state index contributed by atoms with van der Waals surface area (Å²) in [6.45, 7) is 4.37. The quantitative estimate of drug-likeness (QED) is 0.460. The van der Waals surface area contributed by atoms with Gasteiger partial charge in [0.1, 0.15) is 12.7 Å². The van der Waals surface area contributed by atoms with E-state index in [0.717, 1.165) is 20.8 Å². The van der Waals surface area contributed by atoms with Gasteiger partial charge in [-0.3, -0.25) is 19.2 Å². The van der Waals surface area contributed by atoms with Crippen molar-refractivity contribution >= 4 is 23.9 Å². The van der Waals surface area contributed by atoms with E-state index in [2.05, 4.69) is 0 Å². The number of hydrogen-bond acceptors (Lipinski definition) is 10. The maximum atomic E-state index is 11.5. The zero-order valence-corrected chi connectivity index (χ0v) is 14.7. The Kier molecular flexibility index (Phi) is 7.78. The molecular weight excluding hydrogens is 340 g/mol. The molecule has 1 aliphatic rings. The molecule has 25 heavy (non-hydrogen) atoms. The van der Waals surface area contributed by atoms with Gasteiger partial charge in [0.05, 0.1) is 0 Å². The topological polar surface area (TPSA) is 124 Å². The van der Waals surface area contributed by atoms with Crippen molar-refractivity contribution in [2.75, 3.05) is 13.7 Å². The van der Waals surface area contributed by atoms with Crippen molar-refractivity contribution in [1.82, 2.24) is 0 Å². The molecule has 1 aliphatic heterocycles. The maximum absolute atomic E-state index is 11.5. The van der Waals surface area contributed by atoms with E-state index in [1.165, 1.54) is 14.0 Å². The van der Waals surface area contributed by atoms with Gasteiger partial charge in [0.2, 0.25) is 0 Å². The Morgan fingerprint density at radius 3 is 1.68 bits per heavy atom. The molecule has 0 aromatic heterocycles. The monoisotopic (exact) mass is 362 g/mol. The Morgan fingerprint density at radius 2 is 1.24 bits per heavy atom. The molecule has 0 spiro atoms. The molecule has 1 fully saturated rings. The number of esters is 4. The summed E-state index contributed by atoms with van der Waals surface area (Å²) >= 11 is 0. The van der Waals surface area contributed by atoms with Crippen LogP contribution < -0.4 is 0 Å². The average molecular weight is 362 g/mol. The van der Waals surface area contributed by atoms with Crippen molar-refractivity contribution in [2.45, 2.75) is 58.4 Å². The zero-order valence-electron chi connectivity index (χ0n) is 14.7. The van der Waals surface area contributed by atoms with Crippen LogP contribution in [0.15, 0.2) is 0 Å². The minimum absolute atomic E-state index is 0.280. The molecule has 5 atom stereocenters. The second-order valence-corrected chi connectivity index (χ2v) is 5.30. The smallest absolute Gasteiger partial charge is 0.303 e. The number of ether oxygens (including phenoxy) is 6. The third kappa shape index (κ3) is 6.31. The molecule has 0 amide bonds. The van der Waals surface area contributed by atoms with Gasteiger partial charge >= 0.3 is 23.9 Å². The molecule has 0 N–H and O–H groups in total. The first-order valence-corrected chi connectivity index (χ1v) is 7.49. The maximum Gasteiger partial charge on any atom is 0.303 e. The molecule has 2 unspecified atom stereocenters. The predicted molar refractivity (Wildman–Crippen MR) is 79.0 cm³/mol. The summed E-state index contributed by atoms with van der Waals surface area (Å²) in [5, 5.41) is 0. The second kappa shape index (κ2) is 9.33. The second-order valence-electron chi connectivity index (χ2n) is 5.30. The molecule has 0 bridgehead atoms. The molecular formula is C15H22O10. The Morgan fingerprint density at radius 1 is 0.760 bits per heavy atom. The summed E-state index contributed by atoms with van der Waals surface area (Å²) in [6.07, 6.45) is -5.67. The molecule has 0 saturated carbocycles. The van der Waals surface area contributed by atoms with Crippen LogP contribution in [0.4, 0.5) is 0 Å². The van der Waals surface area contributed by atoms with Gasteiger partial charge in [-0.2, -0.15) is 0 Å². The van der Waals surface area contributed by atoms with E-state index < -0.39 is 54.6 Å². The Labute approximate surface area is 144 Å². The number of methoxy groups -OCH3 is 1. The summed E-state index contributed by atoms with van der Waals surface area (Å²) < 4.78 is 31.1. The average Bonchev–Trinajstić information content (AvgIpc) is 2.48. The minimum atomic E-state index is -1.20. The summed E-state index contributed by atoms with van der Waals surface area (Å²) in [7, 11) is 1.29. The van der Waals surface area contributed by atoms with Crippen molar-refractivity contribution in [3.8, 4) is 0 Å². The number of hydrogen-bond donors (Lipinski definition) is 0. The van der Waals surface area contributed by atoms with E-state index in [1.54, 1.807) is 0 Å². The molecule has 1 rings (SSSR count). The molecule has 1 saturated heterocycles. The van der Waals surface area contributed by atoms with E-state index in [-0.39, 0.29) is 6.61 Å². The molecule has 0 aromatic rings. The lowest BCUT2D eigenvalue weighted by Crippen LogP contribution is -2.62. The normalized spacial score (nSPS) is 28.6. The van der Waals surface area contributed by atoms with E-state index in [4.69, 9.17) is 28.4 Å². The largest absolute Gasteiger partial charge is 0.463 e. The van der Waals surface area contributed by atoms with Crippen molar-refractivity contribution in [3.63, 3.8) is 0 Å². The fourth-order valence-electron chi connectivity index (χ4n) is 2.38. The lowest BCUT2D eigenvalue weighted by Gasteiger charge is -2.43. The highest BCUT2D eigenvalue weighted by Gasteiger charge is 2.52. The van der Waals surface area contributed by atoms with Crippen molar-refractivity contribution < 1.29 is 47.6 Å².